The van der Waals surface area contributed by atoms with Crippen molar-refractivity contribution >= 4 is 27.2 Å². The summed E-state index contributed by atoms with van der Waals surface area (Å²) in [5.41, 5.74) is 0.269. The topological polar surface area (TPSA) is 81.8 Å². The van der Waals surface area contributed by atoms with Crippen LogP contribution in [-0.2, 0) is 0 Å². The molecule has 2 N–H and O–H groups in total. The van der Waals surface area contributed by atoms with Gasteiger partial charge in [0.05, 0.1) is 0 Å². The van der Waals surface area contributed by atoms with Gasteiger partial charge in [-0.05, 0) is 29.7 Å². The second kappa shape index (κ2) is 5.87. The van der Waals surface area contributed by atoms with Crippen LogP contribution < -0.4 is 5.32 Å². The molecule has 21 heavy (non-hydrogen) atoms. The number of benzene rings is 1. The molecule has 1 aromatic carbocycles. The second-order valence-corrected chi connectivity index (χ2v) is 5.61. The molecule has 0 aliphatic rings. The molecule has 2 aromatic heterocycles. The highest BCUT2D eigenvalue weighted by Crippen LogP contribution is 2.29. The van der Waals surface area contributed by atoms with Crippen LogP contribution in [0.5, 0.6) is 0 Å². The average molecular weight is 296 g/mol. The number of thiophene rings is 1. The van der Waals surface area contributed by atoms with Gasteiger partial charge < -0.3 is 10.4 Å². The fourth-order valence-corrected chi connectivity index (χ4v) is 3.01. The van der Waals surface area contributed by atoms with Crippen LogP contribution in [0.4, 0.5) is 5.82 Å². The van der Waals surface area contributed by atoms with Crippen LogP contribution in [0, 0.1) is 11.3 Å². The van der Waals surface area contributed by atoms with E-state index >= 15 is 0 Å². The second-order valence-electron chi connectivity index (χ2n) is 4.50. The molecule has 0 saturated heterocycles. The Balaban J connectivity index is 1.68. The molecule has 0 aliphatic carbocycles. The van der Waals surface area contributed by atoms with Crippen molar-refractivity contribution in [3.63, 3.8) is 0 Å². The van der Waals surface area contributed by atoms with Crippen LogP contribution in [0.25, 0.3) is 10.1 Å². The highest BCUT2D eigenvalue weighted by Gasteiger charge is 2.11. The minimum Gasteiger partial charge on any atom is -0.386 e. The summed E-state index contributed by atoms with van der Waals surface area (Å²) in [7, 11) is 0. The van der Waals surface area contributed by atoms with E-state index in [0.29, 0.717) is 12.4 Å². The Labute approximate surface area is 125 Å². The Morgan fingerprint density at radius 2 is 2.10 bits per heavy atom. The first-order valence-corrected chi connectivity index (χ1v) is 7.22. The maximum Gasteiger partial charge on any atom is 0.163 e. The van der Waals surface area contributed by atoms with E-state index in [1.54, 1.807) is 23.5 Å². The van der Waals surface area contributed by atoms with Gasteiger partial charge in [0, 0.05) is 16.1 Å². The fraction of sp³-hybridized carbons (Fsp3) is 0.133. The van der Waals surface area contributed by atoms with Crippen LogP contribution in [0.1, 0.15) is 16.7 Å². The lowest BCUT2D eigenvalue weighted by Gasteiger charge is -2.09. The summed E-state index contributed by atoms with van der Waals surface area (Å²) in [4.78, 5) is 0.908. The van der Waals surface area contributed by atoms with Gasteiger partial charge in [-0.25, -0.2) is 0 Å². The van der Waals surface area contributed by atoms with Crippen LogP contribution in [0.15, 0.2) is 42.5 Å². The SMILES string of the molecule is N#Cc1ccc(NCC(O)c2cc3ccccc3s2)nn1. The van der Waals surface area contributed by atoms with E-state index in [2.05, 4.69) is 15.5 Å². The van der Waals surface area contributed by atoms with Gasteiger partial charge >= 0.3 is 0 Å². The maximum atomic E-state index is 10.2. The van der Waals surface area contributed by atoms with Crippen molar-refractivity contribution in [1.29, 1.82) is 5.26 Å². The minimum atomic E-state index is -0.611. The van der Waals surface area contributed by atoms with Gasteiger partial charge in [-0.2, -0.15) is 5.26 Å². The molecule has 0 amide bonds. The summed E-state index contributed by atoms with van der Waals surface area (Å²) in [6.07, 6.45) is -0.611. The third kappa shape index (κ3) is 2.99. The summed E-state index contributed by atoms with van der Waals surface area (Å²) in [6.45, 7) is 0.341. The van der Waals surface area contributed by atoms with Gasteiger partial charge in [0.1, 0.15) is 18.0 Å². The van der Waals surface area contributed by atoms with Crippen LogP contribution in [0.2, 0.25) is 0 Å². The normalized spacial score (nSPS) is 12.0. The van der Waals surface area contributed by atoms with Gasteiger partial charge in [-0.3, -0.25) is 0 Å². The number of hydrogen-bond donors (Lipinski definition) is 2. The molecule has 5 nitrogen and oxygen atoms in total. The zero-order chi connectivity index (χ0) is 14.7. The Kier molecular flexibility index (Phi) is 3.77. The Bertz CT molecular complexity index is 758. The Morgan fingerprint density at radius 3 is 2.81 bits per heavy atom. The van der Waals surface area contributed by atoms with Crippen molar-refractivity contribution in [3.05, 3.63) is 53.0 Å². The number of aromatic nitrogens is 2. The van der Waals surface area contributed by atoms with Crippen molar-refractivity contribution < 1.29 is 5.11 Å². The van der Waals surface area contributed by atoms with Crippen molar-refractivity contribution in [2.45, 2.75) is 6.10 Å². The molecule has 0 bridgehead atoms. The molecule has 0 fully saturated rings. The number of anilines is 1. The Hall–Kier alpha value is -2.49. The summed E-state index contributed by atoms with van der Waals surface area (Å²) in [5.74, 6) is 0.536. The van der Waals surface area contributed by atoms with E-state index in [1.807, 2.05) is 36.4 Å². The zero-order valence-corrected chi connectivity index (χ0v) is 11.8. The van der Waals surface area contributed by atoms with Crippen molar-refractivity contribution in [2.75, 3.05) is 11.9 Å². The lowest BCUT2D eigenvalue weighted by atomic mass is 10.2. The molecule has 0 radical (unpaired) electrons. The fourth-order valence-electron chi connectivity index (χ4n) is 1.95. The first-order valence-electron chi connectivity index (χ1n) is 6.40. The molecule has 0 saturated carbocycles. The lowest BCUT2D eigenvalue weighted by molar-refractivity contribution is 0.195. The van der Waals surface area contributed by atoms with Gasteiger partial charge in [-0.1, -0.05) is 18.2 Å². The monoisotopic (exact) mass is 296 g/mol. The third-order valence-corrected chi connectivity index (χ3v) is 4.25. The highest BCUT2D eigenvalue weighted by atomic mass is 32.1. The predicted molar refractivity (Wildman–Crippen MR) is 82.0 cm³/mol. The van der Waals surface area contributed by atoms with Gasteiger partial charge in [0.15, 0.2) is 5.69 Å². The van der Waals surface area contributed by atoms with E-state index in [-0.39, 0.29) is 5.69 Å². The van der Waals surface area contributed by atoms with Crippen LogP contribution >= 0.6 is 11.3 Å². The summed E-state index contributed by atoms with van der Waals surface area (Å²) < 4.78 is 1.16. The summed E-state index contributed by atoms with van der Waals surface area (Å²) >= 11 is 1.58. The van der Waals surface area contributed by atoms with Crippen molar-refractivity contribution in [1.82, 2.24) is 10.2 Å². The molecule has 3 rings (SSSR count). The standard InChI is InChI=1S/C15H12N4OS/c16-8-11-5-6-15(19-18-11)17-9-12(20)14-7-10-3-1-2-4-13(10)21-14/h1-7,12,20H,9H2,(H,17,19). The van der Waals surface area contributed by atoms with Gasteiger partial charge in [0.2, 0.25) is 0 Å². The number of rotatable bonds is 4. The number of fused-ring (bicyclic) bond motifs is 1. The average Bonchev–Trinajstić information content (AvgIpc) is 2.97. The third-order valence-electron chi connectivity index (χ3n) is 3.03. The number of aliphatic hydroxyl groups excluding tert-OH is 1. The smallest absolute Gasteiger partial charge is 0.163 e. The predicted octanol–water partition coefficient (Wildman–Crippen LogP) is 2.71. The molecule has 0 spiro atoms. The molecular weight excluding hydrogens is 284 g/mol. The summed E-state index contributed by atoms with van der Waals surface area (Å²) in [5, 5.41) is 30.6. The van der Waals surface area contributed by atoms with Crippen LogP contribution in [0.3, 0.4) is 0 Å². The number of aliphatic hydroxyl groups is 1. The van der Waals surface area contributed by atoms with E-state index in [9.17, 15) is 5.11 Å². The van der Waals surface area contributed by atoms with Crippen LogP contribution in [-0.4, -0.2) is 21.8 Å². The molecule has 0 aliphatic heterocycles. The molecular formula is C15H12N4OS. The molecule has 3 aromatic rings. The summed E-state index contributed by atoms with van der Waals surface area (Å²) in [6, 6.07) is 15.2. The Morgan fingerprint density at radius 1 is 1.24 bits per heavy atom. The molecule has 6 heteroatoms. The van der Waals surface area contributed by atoms with E-state index in [1.165, 1.54) is 0 Å². The zero-order valence-electron chi connectivity index (χ0n) is 11.0. The number of hydrogen-bond acceptors (Lipinski definition) is 6. The molecule has 2 heterocycles. The largest absolute Gasteiger partial charge is 0.386 e. The van der Waals surface area contributed by atoms with Crippen molar-refractivity contribution in [3.8, 4) is 6.07 Å². The van der Waals surface area contributed by atoms with E-state index < -0.39 is 6.10 Å². The van der Waals surface area contributed by atoms with E-state index in [4.69, 9.17) is 5.26 Å². The minimum absolute atomic E-state index is 0.269. The number of nitrogens with one attached hydrogen (secondary N) is 1. The maximum absolute atomic E-state index is 10.2. The van der Waals surface area contributed by atoms with Gasteiger partial charge in [-0.15, -0.1) is 21.5 Å². The van der Waals surface area contributed by atoms with Crippen molar-refractivity contribution in [2.24, 2.45) is 0 Å². The van der Waals surface area contributed by atoms with Gasteiger partial charge in [0.25, 0.3) is 0 Å². The highest BCUT2D eigenvalue weighted by molar-refractivity contribution is 7.19. The first kappa shape index (κ1) is 13.5. The molecule has 104 valence electrons. The first-order chi connectivity index (χ1) is 10.3. The lowest BCUT2D eigenvalue weighted by Crippen LogP contribution is -2.12. The molecule has 1 atom stereocenters. The molecule has 1 unspecified atom stereocenters. The van der Waals surface area contributed by atoms with E-state index in [0.717, 1.165) is 15.0 Å². The number of nitriles is 1. The number of nitrogens with zero attached hydrogens (tertiary/aromatic N) is 3. The quantitative estimate of drug-likeness (QED) is 0.773.